The first-order valence-electron chi connectivity index (χ1n) is 12.3. The highest BCUT2D eigenvalue weighted by Gasteiger charge is 2.30. The van der Waals surface area contributed by atoms with Crippen molar-refractivity contribution in [3.63, 3.8) is 0 Å². The fraction of sp³-hybridized carbons (Fsp3) is 0.462. The number of amidine groups is 1. The number of hydrogen-bond acceptors (Lipinski definition) is 6. The molecule has 1 amide bonds. The number of benzene rings is 1. The van der Waals surface area contributed by atoms with Crippen LogP contribution < -0.4 is 0 Å². The average Bonchev–Trinajstić information content (AvgIpc) is 3.51. The quantitative estimate of drug-likeness (QED) is 0.689. The Morgan fingerprint density at radius 2 is 2.18 bits per heavy atom. The van der Waals surface area contributed by atoms with Crippen molar-refractivity contribution in [3.05, 3.63) is 53.6 Å². The van der Waals surface area contributed by atoms with Crippen molar-refractivity contribution >= 4 is 29.4 Å². The molecule has 0 unspecified atom stereocenters. The van der Waals surface area contributed by atoms with E-state index in [9.17, 15) is 4.79 Å². The van der Waals surface area contributed by atoms with Crippen molar-refractivity contribution in [1.82, 2.24) is 25.0 Å². The third kappa shape index (κ3) is 4.24. The molecule has 2 atom stereocenters. The minimum atomic E-state index is 0.0614. The van der Waals surface area contributed by atoms with Gasteiger partial charge in [0.05, 0.1) is 17.3 Å². The molecule has 5 rings (SSSR count). The molecule has 4 heterocycles. The smallest absolute Gasteiger partial charge is 0.256 e. The predicted octanol–water partition coefficient (Wildman–Crippen LogP) is 4.36. The van der Waals surface area contributed by atoms with Gasteiger partial charge in [0, 0.05) is 49.6 Å². The number of nitrogens with zero attached hydrogens (tertiary/aromatic N) is 6. The number of aromatic nitrogens is 2. The Morgan fingerprint density at radius 1 is 1.29 bits per heavy atom. The largest absolute Gasteiger partial charge is 0.356 e. The SMILES string of the molecule is C=NN1C=C(C)C(N2CC[C@H](C)C2)=N/C1=C/C[C@@H]1CCCCN1C(=O)c1cccc2cn[nH]c12. The average molecular weight is 460 g/mol. The van der Waals surface area contributed by atoms with Crippen LogP contribution in [0.25, 0.3) is 10.9 Å². The fourth-order valence-corrected chi connectivity index (χ4v) is 5.31. The summed E-state index contributed by atoms with van der Waals surface area (Å²) in [5.74, 6) is 2.55. The summed E-state index contributed by atoms with van der Waals surface area (Å²) in [6, 6.07) is 5.90. The van der Waals surface area contributed by atoms with Crippen LogP contribution in [0.1, 0.15) is 56.3 Å². The molecule has 178 valence electrons. The number of hydrazone groups is 1. The van der Waals surface area contributed by atoms with E-state index in [-0.39, 0.29) is 11.9 Å². The zero-order chi connectivity index (χ0) is 23.7. The Balaban J connectivity index is 1.38. The molecule has 1 aromatic carbocycles. The fourth-order valence-electron chi connectivity index (χ4n) is 5.31. The summed E-state index contributed by atoms with van der Waals surface area (Å²) in [5.41, 5.74) is 2.59. The number of H-pyrrole nitrogens is 1. The second-order valence-electron chi connectivity index (χ2n) is 9.66. The standard InChI is InChI=1S/C26H33N7O/c1-18-12-14-31(16-18)25-19(2)17-33(27-3)23(29-25)11-10-21-8-4-5-13-32(21)26(34)22-9-6-7-20-15-28-30-24(20)22/h6-7,9,11,15,17-18,21H,3-5,8,10,12-14,16H2,1-2H3,(H,28,30)/b23-11-/t18-,21-/m0/s1. The molecule has 1 N–H and O–H groups in total. The first-order chi connectivity index (χ1) is 16.5. The van der Waals surface area contributed by atoms with E-state index >= 15 is 0 Å². The Kier molecular flexibility index (Phi) is 6.22. The lowest BCUT2D eigenvalue weighted by Gasteiger charge is -2.36. The lowest BCUT2D eigenvalue weighted by atomic mass is 9.97. The third-order valence-corrected chi connectivity index (χ3v) is 7.17. The van der Waals surface area contributed by atoms with Crippen LogP contribution in [0.5, 0.6) is 0 Å². The van der Waals surface area contributed by atoms with Crippen molar-refractivity contribution in [2.75, 3.05) is 19.6 Å². The Bertz CT molecular complexity index is 1180. The minimum absolute atomic E-state index is 0.0614. The molecular weight excluding hydrogens is 426 g/mol. The molecule has 34 heavy (non-hydrogen) atoms. The Labute approximate surface area is 200 Å². The topological polar surface area (TPSA) is 80.2 Å². The summed E-state index contributed by atoms with van der Waals surface area (Å²) >= 11 is 0. The van der Waals surface area contributed by atoms with E-state index in [2.05, 4.69) is 46.8 Å². The molecule has 3 aliphatic rings. The van der Waals surface area contributed by atoms with Crippen LogP contribution in [0.2, 0.25) is 0 Å². The van der Waals surface area contributed by atoms with Crippen molar-refractivity contribution in [3.8, 4) is 0 Å². The van der Waals surface area contributed by atoms with E-state index in [1.807, 2.05) is 29.3 Å². The lowest BCUT2D eigenvalue weighted by molar-refractivity contribution is 0.0618. The number of likely N-dealkylation sites (tertiary alicyclic amines) is 2. The highest BCUT2D eigenvalue weighted by molar-refractivity contribution is 6.05. The van der Waals surface area contributed by atoms with Crippen molar-refractivity contribution in [2.24, 2.45) is 16.0 Å². The van der Waals surface area contributed by atoms with Gasteiger partial charge in [-0.2, -0.15) is 10.2 Å². The summed E-state index contributed by atoms with van der Waals surface area (Å²) in [6.45, 7) is 10.9. The third-order valence-electron chi connectivity index (χ3n) is 7.17. The van der Waals surface area contributed by atoms with Crippen LogP contribution >= 0.6 is 0 Å². The maximum absolute atomic E-state index is 13.6. The van der Waals surface area contributed by atoms with E-state index < -0.39 is 0 Å². The van der Waals surface area contributed by atoms with E-state index in [0.717, 1.165) is 73.5 Å². The van der Waals surface area contributed by atoms with Gasteiger partial charge in [-0.25, -0.2) is 10.0 Å². The number of fused-ring (bicyclic) bond motifs is 1. The summed E-state index contributed by atoms with van der Waals surface area (Å²) < 4.78 is 0. The van der Waals surface area contributed by atoms with Gasteiger partial charge in [0.15, 0.2) is 5.82 Å². The van der Waals surface area contributed by atoms with Crippen LogP contribution in [0.4, 0.5) is 0 Å². The van der Waals surface area contributed by atoms with E-state index in [4.69, 9.17) is 4.99 Å². The predicted molar refractivity (Wildman–Crippen MR) is 135 cm³/mol. The van der Waals surface area contributed by atoms with Crippen LogP contribution in [0, 0.1) is 5.92 Å². The molecule has 0 bridgehead atoms. The van der Waals surface area contributed by atoms with Gasteiger partial charge in [-0.05, 0) is 57.1 Å². The van der Waals surface area contributed by atoms with Gasteiger partial charge in [-0.15, -0.1) is 0 Å². The van der Waals surface area contributed by atoms with Crippen LogP contribution in [0.3, 0.4) is 0 Å². The first-order valence-corrected chi connectivity index (χ1v) is 12.3. The highest BCUT2D eigenvalue weighted by Crippen LogP contribution is 2.28. The molecule has 8 nitrogen and oxygen atoms in total. The Morgan fingerprint density at radius 3 is 2.97 bits per heavy atom. The number of nitrogens with one attached hydrogen (secondary N) is 1. The molecule has 0 aliphatic carbocycles. The van der Waals surface area contributed by atoms with Crippen LogP contribution in [-0.4, -0.2) is 69.1 Å². The lowest BCUT2D eigenvalue weighted by Crippen LogP contribution is -2.43. The van der Waals surface area contributed by atoms with Crippen molar-refractivity contribution in [1.29, 1.82) is 0 Å². The number of para-hydroxylation sites is 1. The number of aliphatic imine (C=N–C) groups is 1. The molecule has 2 saturated heterocycles. The second kappa shape index (κ2) is 9.44. The number of rotatable bonds is 4. The minimum Gasteiger partial charge on any atom is -0.356 e. The number of carbonyl (C=O) groups is 1. The van der Waals surface area contributed by atoms with Gasteiger partial charge in [0.25, 0.3) is 5.91 Å². The summed E-state index contributed by atoms with van der Waals surface area (Å²) in [6.07, 6.45) is 10.9. The van der Waals surface area contributed by atoms with E-state index in [0.29, 0.717) is 11.5 Å². The molecule has 0 spiro atoms. The molecule has 2 aromatic rings. The second-order valence-corrected chi connectivity index (χ2v) is 9.66. The maximum atomic E-state index is 13.6. The molecule has 0 saturated carbocycles. The number of carbonyl (C=O) groups excluding carboxylic acids is 1. The number of hydrogen-bond donors (Lipinski definition) is 1. The summed E-state index contributed by atoms with van der Waals surface area (Å²) in [5, 5.41) is 14.0. The summed E-state index contributed by atoms with van der Waals surface area (Å²) in [4.78, 5) is 23.0. The highest BCUT2D eigenvalue weighted by atomic mass is 16.2. The zero-order valence-electron chi connectivity index (χ0n) is 20.1. The molecular formula is C26H33N7O. The Hall–Kier alpha value is -3.42. The molecule has 8 heteroatoms. The number of aromatic amines is 1. The van der Waals surface area contributed by atoms with Crippen LogP contribution in [-0.2, 0) is 0 Å². The van der Waals surface area contributed by atoms with Gasteiger partial charge in [-0.1, -0.05) is 19.1 Å². The van der Waals surface area contributed by atoms with Crippen LogP contribution in [0.15, 0.2) is 58.2 Å². The van der Waals surface area contributed by atoms with Gasteiger partial charge >= 0.3 is 0 Å². The van der Waals surface area contributed by atoms with Gasteiger partial charge < -0.3 is 9.80 Å². The number of amides is 1. The van der Waals surface area contributed by atoms with Gasteiger partial charge in [0.2, 0.25) is 0 Å². The number of piperidine rings is 1. The monoisotopic (exact) mass is 459 g/mol. The molecule has 2 fully saturated rings. The first kappa shape index (κ1) is 22.4. The maximum Gasteiger partial charge on any atom is 0.256 e. The molecule has 1 aromatic heterocycles. The van der Waals surface area contributed by atoms with E-state index in [1.165, 1.54) is 6.42 Å². The van der Waals surface area contributed by atoms with Crippen molar-refractivity contribution in [2.45, 2.75) is 52.0 Å². The van der Waals surface area contributed by atoms with Gasteiger partial charge in [-0.3, -0.25) is 9.89 Å². The zero-order valence-corrected chi connectivity index (χ0v) is 20.1. The van der Waals surface area contributed by atoms with Crippen molar-refractivity contribution < 1.29 is 4.79 Å². The molecule has 0 radical (unpaired) electrons. The van der Waals surface area contributed by atoms with E-state index in [1.54, 1.807) is 11.2 Å². The van der Waals surface area contributed by atoms with Gasteiger partial charge in [0.1, 0.15) is 5.84 Å². The summed E-state index contributed by atoms with van der Waals surface area (Å²) in [7, 11) is 0. The normalized spacial score (nSPS) is 24.5. The molecule has 3 aliphatic heterocycles.